The third-order valence-electron chi connectivity index (χ3n) is 5.01. The quantitative estimate of drug-likeness (QED) is 0.743. The first-order chi connectivity index (χ1) is 10.0. The minimum absolute atomic E-state index is 0.0475. The molecule has 4 nitrogen and oxygen atoms in total. The highest BCUT2D eigenvalue weighted by Crippen LogP contribution is 2.48. The molecule has 3 rings (SSSR count). The largest absolute Gasteiger partial charge is 0.399 e. The fourth-order valence-corrected chi connectivity index (χ4v) is 3.37. The number of hydrogen-bond acceptors (Lipinski definition) is 3. The molecule has 1 amide bonds. The number of carbonyl (C=O) groups excluding carboxylic acids is 1. The van der Waals surface area contributed by atoms with Crippen LogP contribution < -0.4 is 11.1 Å². The standard InChI is InChI=1S/C17H24N2O2/c18-14-6-4-13(5-7-14)17(10-11-17)15(20)19-12-16(21)8-2-1-3-9-16/h4-7,21H,1-3,8-12,18H2,(H,19,20). The number of nitrogens with two attached hydrogens (primary N) is 1. The van der Waals surface area contributed by atoms with Gasteiger partial charge in [-0.05, 0) is 43.4 Å². The Hall–Kier alpha value is -1.55. The smallest absolute Gasteiger partial charge is 0.230 e. The molecular weight excluding hydrogens is 264 g/mol. The maximum atomic E-state index is 12.5. The number of anilines is 1. The Labute approximate surface area is 125 Å². The van der Waals surface area contributed by atoms with Crippen LogP contribution in [-0.2, 0) is 10.2 Å². The second kappa shape index (κ2) is 5.34. The summed E-state index contributed by atoms with van der Waals surface area (Å²) in [5, 5.41) is 13.5. The van der Waals surface area contributed by atoms with Crippen molar-refractivity contribution in [3.8, 4) is 0 Å². The van der Waals surface area contributed by atoms with Crippen LogP contribution in [-0.4, -0.2) is 23.2 Å². The molecule has 0 aromatic heterocycles. The van der Waals surface area contributed by atoms with Crippen LogP contribution in [0.4, 0.5) is 5.69 Å². The van der Waals surface area contributed by atoms with Gasteiger partial charge in [-0.25, -0.2) is 0 Å². The Morgan fingerprint density at radius 1 is 1.10 bits per heavy atom. The van der Waals surface area contributed by atoms with E-state index in [-0.39, 0.29) is 5.91 Å². The number of nitrogen functional groups attached to an aromatic ring is 1. The lowest BCUT2D eigenvalue weighted by molar-refractivity contribution is -0.125. The van der Waals surface area contributed by atoms with E-state index in [0.717, 1.165) is 44.1 Å². The zero-order valence-corrected chi connectivity index (χ0v) is 12.4. The molecule has 1 aromatic rings. The second-order valence-corrected chi connectivity index (χ2v) is 6.67. The van der Waals surface area contributed by atoms with Gasteiger partial charge >= 0.3 is 0 Å². The van der Waals surface area contributed by atoms with E-state index in [2.05, 4.69) is 5.32 Å². The maximum Gasteiger partial charge on any atom is 0.230 e. The number of rotatable bonds is 4. The zero-order valence-electron chi connectivity index (χ0n) is 12.4. The van der Waals surface area contributed by atoms with Gasteiger partial charge < -0.3 is 16.2 Å². The molecule has 4 N–H and O–H groups in total. The van der Waals surface area contributed by atoms with Crippen LogP contribution >= 0.6 is 0 Å². The van der Waals surface area contributed by atoms with E-state index in [9.17, 15) is 9.90 Å². The normalized spacial score (nSPS) is 22.5. The molecule has 0 spiro atoms. The van der Waals surface area contributed by atoms with Crippen molar-refractivity contribution in [3.63, 3.8) is 0 Å². The molecule has 2 fully saturated rings. The Bertz CT molecular complexity index is 514. The molecule has 21 heavy (non-hydrogen) atoms. The van der Waals surface area contributed by atoms with Gasteiger partial charge in [0.25, 0.3) is 0 Å². The van der Waals surface area contributed by atoms with E-state index >= 15 is 0 Å². The van der Waals surface area contributed by atoms with Crippen molar-refractivity contribution in [1.82, 2.24) is 5.32 Å². The number of nitrogens with one attached hydrogen (secondary N) is 1. The average Bonchev–Trinajstić information content (AvgIpc) is 3.28. The molecule has 1 aromatic carbocycles. The topological polar surface area (TPSA) is 75.4 Å². The molecule has 0 bridgehead atoms. The number of benzene rings is 1. The second-order valence-electron chi connectivity index (χ2n) is 6.67. The molecule has 2 aliphatic carbocycles. The first kappa shape index (κ1) is 14.4. The van der Waals surface area contributed by atoms with Crippen LogP contribution in [0.2, 0.25) is 0 Å². The summed E-state index contributed by atoms with van der Waals surface area (Å²) in [5.41, 5.74) is 6.36. The van der Waals surface area contributed by atoms with Crippen molar-refractivity contribution in [2.45, 2.75) is 56.0 Å². The van der Waals surface area contributed by atoms with Gasteiger partial charge in [-0.2, -0.15) is 0 Å². The van der Waals surface area contributed by atoms with Crippen molar-refractivity contribution < 1.29 is 9.90 Å². The Morgan fingerprint density at radius 3 is 2.29 bits per heavy atom. The molecule has 0 radical (unpaired) electrons. The van der Waals surface area contributed by atoms with Gasteiger partial charge in [0.05, 0.1) is 11.0 Å². The maximum absolute atomic E-state index is 12.5. The fourth-order valence-electron chi connectivity index (χ4n) is 3.37. The summed E-state index contributed by atoms with van der Waals surface area (Å²) in [7, 11) is 0. The Morgan fingerprint density at radius 2 is 1.71 bits per heavy atom. The summed E-state index contributed by atoms with van der Waals surface area (Å²) >= 11 is 0. The minimum Gasteiger partial charge on any atom is -0.399 e. The molecule has 0 heterocycles. The van der Waals surface area contributed by atoms with E-state index in [0.29, 0.717) is 12.2 Å². The van der Waals surface area contributed by atoms with Gasteiger partial charge in [-0.1, -0.05) is 31.4 Å². The highest BCUT2D eigenvalue weighted by atomic mass is 16.3. The number of aliphatic hydroxyl groups is 1. The Kier molecular flexibility index (Phi) is 3.66. The monoisotopic (exact) mass is 288 g/mol. The summed E-state index contributed by atoms with van der Waals surface area (Å²) in [4.78, 5) is 12.5. The lowest BCUT2D eigenvalue weighted by Crippen LogP contribution is -2.47. The van der Waals surface area contributed by atoms with E-state index in [1.165, 1.54) is 6.42 Å². The molecule has 0 saturated heterocycles. The lowest BCUT2D eigenvalue weighted by atomic mass is 9.84. The first-order valence-corrected chi connectivity index (χ1v) is 7.91. The summed E-state index contributed by atoms with van der Waals surface area (Å²) in [6.45, 7) is 0.378. The predicted molar refractivity (Wildman–Crippen MR) is 82.8 cm³/mol. The van der Waals surface area contributed by atoms with Gasteiger partial charge in [0.15, 0.2) is 0 Å². The van der Waals surface area contributed by atoms with E-state index in [4.69, 9.17) is 5.73 Å². The predicted octanol–water partition coefficient (Wildman–Crippen LogP) is 2.11. The van der Waals surface area contributed by atoms with E-state index < -0.39 is 11.0 Å². The molecule has 0 aliphatic heterocycles. The first-order valence-electron chi connectivity index (χ1n) is 7.91. The molecule has 2 aliphatic rings. The van der Waals surface area contributed by atoms with E-state index in [1.54, 1.807) is 0 Å². The highest BCUT2D eigenvalue weighted by molar-refractivity contribution is 5.91. The summed E-state index contributed by atoms with van der Waals surface area (Å²) in [6.07, 6.45) is 6.63. The molecule has 0 unspecified atom stereocenters. The van der Waals surface area contributed by atoms with Crippen LogP contribution in [0.15, 0.2) is 24.3 Å². The van der Waals surface area contributed by atoms with Gasteiger partial charge in [0, 0.05) is 12.2 Å². The zero-order chi connectivity index (χ0) is 14.9. The summed E-state index contributed by atoms with van der Waals surface area (Å²) in [5.74, 6) is 0.0475. The van der Waals surface area contributed by atoms with Crippen LogP contribution in [0.25, 0.3) is 0 Å². The van der Waals surface area contributed by atoms with Gasteiger partial charge in [-0.3, -0.25) is 4.79 Å². The number of carbonyl (C=O) groups is 1. The number of amides is 1. The van der Waals surface area contributed by atoms with Crippen molar-refractivity contribution in [3.05, 3.63) is 29.8 Å². The molecule has 114 valence electrons. The number of hydrogen-bond donors (Lipinski definition) is 3. The van der Waals surface area contributed by atoms with Crippen LogP contribution in [0.5, 0.6) is 0 Å². The van der Waals surface area contributed by atoms with Gasteiger partial charge in [0.2, 0.25) is 5.91 Å². The third-order valence-corrected chi connectivity index (χ3v) is 5.01. The SMILES string of the molecule is Nc1ccc(C2(C(=O)NCC3(O)CCCCC3)CC2)cc1. The van der Waals surface area contributed by atoms with Gasteiger partial charge in [0.1, 0.15) is 0 Å². The molecule has 2 saturated carbocycles. The van der Waals surface area contributed by atoms with Crippen molar-refractivity contribution >= 4 is 11.6 Å². The fraction of sp³-hybridized carbons (Fsp3) is 0.588. The van der Waals surface area contributed by atoms with Crippen LogP contribution in [0, 0.1) is 0 Å². The molecule has 0 atom stereocenters. The van der Waals surface area contributed by atoms with Crippen LogP contribution in [0.1, 0.15) is 50.5 Å². The van der Waals surface area contributed by atoms with Crippen LogP contribution in [0.3, 0.4) is 0 Å². The Balaban J connectivity index is 1.63. The highest BCUT2D eigenvalue weighted by Gasteiger charge is 2.51. The van der Waals surface area contributed by atoms with Crippen molar-refractivity contribution in [2.24, 2.45) is 0 Å². The molecule has 4 heteroatoms. The van der Waals surface area contributed by atoms with Crippen molar-refractivity contribution in [1.29, 1.82) is 0 Å². The average molecular weight is 288 g/mol. The lowest BCUT2D eigenvalue weighted by Gasteiger charge is -2.32. The summed E-state index contributed by atoms with van der Waals surface area (Å²) < 4.78 is 0. The third kappa shape index (κ3) is 2.91. The minimum atomic E-state index is -0.703. The van der Waals surface area contributed by atoms with Crippen molar-refractivity contribution in [2.75, 3.05) is 12.3 Å². The van der Waals surface area contributed by atoms with Gasteiger partial charge in [-0.15, -0.1) is 0 Å². The summed E-state index contributed by atoms with van der Waals surface area (Å²) in [6, 6.07) is 7.57. The van der Waals surface area contributed by atoms with E-state index in [1.807, 2.05) is 24.3 Å². The molecular formula is C17H24N2O2.